The van der Waals surface area contributed by atoms with E-state index in [1.54, 1.807) is 0 Å². The molecule has 3 aromatic heterocycles. The van der Waals surface area contributed by atoms with Crippen LogP contribution in [0, 0.1) is 0 Å². The molecule has 0 saturated carbocycles. The maximum absolute atomic E-state index is 2.47. The van der Waals surface area contributed by atoms with Crippen molar-refractivity contribution in [3.63, 3.8) is 0 Å². The van der Waals surface area contributed by atoms with Gasteiger partial charge in [0.15, 0.2) is 0 Å². The number of fused-ring (bicyclic) bond motifs is 10. The van der Waals surface area contributed by atoms with E-state index >= 15 is 0 Å². The van der Waals surface area contributed by atoms with Gasteiger partial charge in [0, 0.05) is 53.1 Å². The molecule has 0 aliphatic heterocycles. The summed E-state index contributed by atoms with van der Waals surface area (Å²) in [7, 11) is 0. The molecule has 0 amide bonds. The minimum Gasteiger partial charge on any atom is -0.309 e. The molecule has 3 heterocycles. The third-order valence-electron chi connectivity index (χ3n) is 9.31. The smallest absolute Gasteiger partial charge is 0.0641 e. The third-order valence-corrected chi connectivity index (χ3v) is 10.5. The Hall–Kier alpha value is -5.64. The lowest BCUT2D eigenvalue weighted by atomic mass is 10.00. The summed E-state index contributed by atoms with van der Waals surface area (Å²) in [5.74, 6) is 0. The van der Waals surface area contributed by atoms with Crippen molar-refractivity contribution in [2.24, 2.45) is 0 Å². The lowest BCUT2D eigenvalue weighted by molar-refractivity contribution is 1.17. The number of hydrogen-bond acceptors (Lipinski definition) is 1. The maximum atomic E-state index is 2.47. The maximum Gasteiger partial charge on any atom is 0.0641 e. The zero-order valence-electron chi connectivity index (χ0n) is 24.3. The molecule has 10 aromatic rings. The second-order valence-electron chi connectivity index (χ2n) is 11.7. The first-order chi connectivity index (χ1) is 22.3. The molecule has 0 spiro atoms. The highest BCUT2D eigenvalue weighted by Crippen LogP contribution is 2.44. The van der Waals surface area contributed by atoms with Gasteiger partial charge in [-0.15, -0.1) is 11.3 Å². The minimum absolute atomic E-state index is 1.17. The molecule has 2 nitrogen and oxygen atoms in total. The Kier molecular flexibility index (Phi) is 5.19. The van der Waals surface area contributed by atoms with Crippen LogP contribution in [0.2, 0.25) is 0 Å². The molecule has 0 saturated heterocycles. The van der Waals surface area contributed by atoms with E-state index in [4.69, 9.17) is 0 Å². The molecule has 10 rings (SSSR count). The van der Waals surface area contributed by atoms with Gasteiger partial charge in [-0.1, -0.05) is 103 Å². The van der Waals surface area contributed by atoms with Crippen molar-refractivity contribution in [3.05, 3.63) is 158 Å². The van der Waals surface area contributed by atoms with Crippen LogP contribution in [0.3, 0.4) is 0 Å². The number of thiophene rings is 1. The average molecular weight is 591 g/mol. The Balaban J connectivity index is 1.34. The van der Waals surface area contributed by atoms with Crippen LogP contribution in [0.4, 0.5) is 0 Å². The number of benzene rings is 7. The number of rotatable bonds is 3. The second kappa shape index (κ2) is 9.43. The molecule has 210 valence electrons. The predicted octanol–water partition coefficient (Wildman–Crippen LogP) is 11.9. The van der Waals surface area contributed by atoms with Crippen molar-refractivity contribution >= 4 is 75.1 Å². The van der Waals surface area contributed by atoms with Crippen molar-refractivity contribution < 1.29 is 0 Å². The largest absolute Gasteiger partial charge is 0.309 e. The first kappa shape index (κ1) is 24.8. The monoisotopic (exact) mass is 590 g/mol. The highest BCUT2D eigenvalue weighted by atomic mass is 32.1. The van der Waals surface area contributed by atoms with E-state index in [-0.39, 0.29) is 0 Å². The van der Waals surface area contributed by atoms with E-state index in [9.17, 15) is 0 Å². The zero-order chi connectivity index (χ0) is 29.5. The molecule has 0 aliphatic rings. The van der Waals surface area contributed by atoms with E-state index < -0.39 is 0 Å². The fourth-order valence-electron chi connectivity index (χ4n) is 7.40. The molecular formula is C42H26N2S. The summed E-state index contributed by atoms with van der Waals surface area (Å²) in [5.41, 5.74) is 9.77. The number of nitrogens with zero attached hydrogens (tertiary/aromatic N) is 2. The zero-order valence-corrected chi connectivity index (χ0v) is 25.1. The van der Waals surface area contributed by atoms with Gasteiger partial charge >= 0.3 is 0 Å². The van der Waals surface area contributed by atoms with E-state index in [1.807, 2.05) is 11.3 Å². The van der Waals surface area contributed by atoms with Crippen LogP contribution in [0.5, 0.6) is 0 Å². The highest BCUT2D eigenvalue weighted by Gasteiger charge is 2.21. The van der Waals surface area contributed by atoms with Gasteiger partial charge in [-0.3, -0.25) is 0 Å². The van der Waals surface area contributed by atoms with Crippen molar-refractivity contribution in [2.75, 3.05) is 0 Å². The SMILES string of the molecule is c1ccc(-n2c3ccccc3c3c2ccc2c4cc(-c5cccc6c5sc5ccccc56)ccc4n(-c4ccccc4)c23)cc1. The third kappa shape index (κ3) is 3.50. The molecule has 0 N–H and O–H groups in total. The summed E-state index contributed by atoms with van der Waals surface area (Å²) in [6.45, 7) is 0. The van der Waals surface area contributed by atoms with Crippen LogP contribution in [0.25, 0.3) is 86.3 Å². The Morgan fingerprint density at radius 2 is 1.04 bits per heavy atom. The Morgan fingerprint density at radius 1 is 0.400 bits per heavy atom. The molecule has 3 heteroatoms. The van der Waals surface area contributed by atoms with Gasteiger partial charge in [-0.05, 0) is 65.7 Å². The van der Waals surface area contributed by atoms with Gasteiger partial charge in [0.25, 0.3) is 0 Å². The average Bonchev–Trinajstić information content (AvgIpc) is 3.76. The lowest BCUT2D eigenvalue weighted by Gasteiger charge is -2.10. The molecule has 0 fully saturated rings. The van der Waals surface area contributed by atoms with Gasteiger partial charge in [0.1, 0.15) is 0 Å². The second-order valence-corrected chi connectivity index (χ2v) is 12.8. The fourth-order valence-corrected chi connectivity index (χ4v) is 8.64. The molecular weight excluding hydrogens is 565 g/mol. The van der Waals surface area contributed by atoms with Crippen LogP contribution in [0.15, 0.2) is 158 Å². The Labute approximate surface area is 263 Å². The summed E-state index contributed by atoms with van der Waals surface area (Å²) >= 11 is 1.89. The van der Waals surface area contributed by atoms with Crippen molar-refractivity contribution in [2.45, 2.75) is 0 Å². The first-order valence-corrected chi connectivity index (χ1v) is 16.2. The van der Waals surface area contributed by atoms with Gasteiger partial charge in [0.05, 0.1) is 22.1 Å². The first-order valence-electron chi connectivity index (χ1n) is 15.4. The van der Waals surface area contributed by atoms with Gasteiger partial charge < -0.3 is 9.13 Å². The summed E-state index contributed by atoms with van der Waals surface area (Å²) < 4.78 is 7.56. The highest BCUT2D eigenvalue weighted by molar-refractivity contribution is 7.26. The Bertz CT molecular complexity index is 2740. The quantitative estimate of drug-likeness (QED) is 0.194. The normalized spacial score (nSPS) is 12.0. The van der Waals surface area contributed by atoms with E-state index in [0.29, 0.717) is 0 Å². The standard InChI is InChI=1S/C42H26N2S/c1-3-12-28(13-4-1)43-36-20-9-7-17-34(36)40-38(43)25-23-32-35-26-27(22-24-37(35)44(41(32)40)29-14-5-2-6-15-29)30-18-11-19-33-31-16-8-10-21-39(31)45-42(30)33/h1-26H. The van der Waals surface area contributed by atoms with Crippen molar-refractivity contribution in [1.82, 2.24) is 9.13 Å². The van der Waals surface area contributed by atoms with E-state index in [0.717, 1.165) is 0 Å². The van der Waals surface area contributed by atoms with Gasteiger partial charge in [-0.25, -0.2) is 0 Å². The molecule has 0 radical (unpaired) electrons. The predicted molar refractivity (Wildman–Crippen MR) is 193 cm³/mol. The van der Waals surface area contributed by atoms with Gasteiger partial charge in [-0.2, -0.15) is 0 Å². The van der Waals surface area contributed by atoms with Gasteiger partial charge in [0.2, 0.25) is 0 Å². The van der Waals surface area contributed by atoms with E-state index in [1.165, 1.54) is 86.3 Å². The summed E-state index contributed by atoms with van der Waals surface area (Å²) in [5, 5.41) is 7.73. The summed E-state index contributed by atoms with van der Waals surface area (Å²) in [6, 6.07) is 57.6. The number of hydrogen-bond donors (Lipinski definition) is 0. The summed E-state index contributed by atoms with van der Waals surface area (Å²) in [6.07, 6.45) is 0. The lowest BCUT2D eigenvalue weighted by Crippen LogP contribution is -1.95. The van der Waals surface area contributed by atoms with Crippen LogP contribution < -0.4 is 0 Å². The fraction of sp³-hybridized carbons (Fsp3) is 0. The van der Waals surface area contributed by atoms with Crippen molar-refractivity contribution in [1.29, 1.82) is 0 Å². The topological polar surface area (TPSA) is 9.86 Å². The minimum atomic E-state index is 1.17. The number of para-hydroxylation sites is 3. The molecule has 0 aliphatic carbocycles. The van der Waals surface area contributed by atoms with Crippen LogP contribution in [-0.4, -0.2) is 9.13 Å². The van der Waals surface area contributed by atoms with Crippen LogP contribution >= 0.6 is 11.3 Å². The Morgan fingerprint density at radius 3 is 1.87 bits per heavy atom. The van der Waals surface area contributed by atoms with Crippen LogP contribution in [0.1, 0.15) is 0 Å². The summed E-state index contributed by atoms with van der Waals surface area (Å²) in [4.78, 5) is 0. The van der Waals surface area contributed by atoms with E-state index in [2.05, 4.69) is 167 Å². The molecule has 0 atom stereocenters. The van der Waals surface area contributed by atoms with Crippen molar-refractivity contribution in [3.8, 4) is 22.5 Å². The molecule has 45 heavy (non-hydrogen) atoms. The molecule has 0 bridgehead atoms. The molecule has 7 aromatic carbocycles. The molecule has 0 unspecified atom stereocenters. The van der Waals surface area contributed by atoms with Crippen LogP contribution in [-0.2, 0) is 0 Å². The number of aromatic nitrogens is 2.